The van der Waals surface area contributed by atoms with Crippen molar-refractivity contribution in [2.75, 3.05) is 11.9 Å². The summed E-state index contributed by atoms with van der Waals surface area (Å²) in [7, 11) is 0. The zero-order chi connectivity index (χ0) is 15.4. The highest BCUT2D eigenvalue weighted by molar-refractivity contribution is 7.09. The van der Waals surface area contributed by atoms with Gasteiger partial charge in [0.25, 0.3) is 0 Å². The number of carbonyl (C=O) groups is 1. The zero-order valence-corrected chi connectivity index (χ0v) is 12.4. The second-order valence-electron chi connectivity index (χ2n) is 4.35. The highest BCUT2D eigenvalue weighted by Gasteiger charge is 2.11. The number of aromatic carboxylic acids is 1. The fourth-order valence-corrected chi connectivity index (χ4v) is 2.45. The summed E-state index contributed by atoms with van der Waals surface area (Å²) >= 11 is 1.30. The summed E-state index contributed by atoms with van der Waals surface area (Å²) in [5, 5.41) is 31.2. The van der Waals surface area contributed by atoms with Crippen molar-refractivity contribution in [1.82, 2.24) is 15.2 Å². The highest BCUT2D eigenvalue weighted by Crippen LogP contribution is 2.17. The van der Waals surface area contributed by atoms with Gasteiger partial charge in [0.1, 0.15) is 11.6 Å². The molecule has 0 aliphatic rings. The third-order valence-corrected chi connectivity index (χ3v) is 3.88. The Kier molecular flexibility index (Phi) is 4.45. The van der Waals surface area contributed by atoms with Gasteiger partial charge in [-0.25, -0.2) is 9.78 Å². The molecule has 0 saturated heterocycles. The van der Waals surface area contributed by atoms with E-state index in [2.05, 4.69) is 26.6 Å². The number of nitriles is 1. The van der Waals surface area contributed by atoms with Gasteiger partial charge in [0.2, 0.25) is 0 Å². The Balaban J connectivity index is 2.02. The summed E-state index contributed by atoms with van der Waals surface area (Å²) in [6, 6.07) is 2.12. The summed E-state index contributed by atoms with van der Waals surface area (Å²) in [4.78, 5) is 14.7. The maximum Gasteiger partial charge on any atom is 0.355 e. The number of nitrogens with one attached hydrogen (secondary N) is 1. The van der Waals surface area contributed by atoms with Crippen LogP contribution in [-0.4, -0.2) is 32.8 Å². The van der Waals surface area contributed by atoms with Gasteiger partial charge in [0.15, 0.2) is 11.5 Å². The first-order valence-electron chi connectivity index (χ1n) is 6.18. The zero-order valence-electron chi connectivity index (χ0n) is 11.5. The van der Waals surface area contributed by atoms with E-state index in [0.717, 1.165) is 16.3 Å². The van der Waals surface area contributed by atoms with Gasteiger partial charge in [-0.05, 0) is 19.4 Å². The topological polar surface area (TPSA) is 112 Å². The van der Waals surface area contributed by atoms with E-state index in [1.807, 2.05) is 6.92 Å². The number of rotatable bonds is 5. The molecule has 0 atom stereocenters. The van der Waals surface area contributed by atoms with Crippen LogP contribution < -0.4 is 5.32 Å². The molecule has 2 aromatic heterocycles. The van der Waals surface area contributed by atoms with Crippen molar-refractivity contribution in [1.29, 1.82) is 5.26 Å². The monoisotopic (exact) mass is 303 g/mol. The number of carboxylic acids is 1. The van der Waals surface area contributed by atoms with Crippen LogP contribution in [0.4, 0.5) is 5.82 Å². The van der Waals surface area contributed by atoms with Crippen LogP contribution >= 0.6 is 11.3 Å². The van der Waals surface area contributed by atoms with Crippen molar-refractivity contribution < 1.29 is 9.90 Å². The smallest absolute Gasteiger partial charge is 0.355 e. The molecule has 21 heavy (non-hydrogen) atoms. The number of hydrogen-bond donors (Lipinski definition) is 2. The van der Waals surface area contributed by atoms with Gasteiger partial charge < -0.3 is 10.4 Å². The number of carboxylic acid groups (broad SMARTS) is 1. The average molecular weight is 303 g/mol. The quantitative estimate of drug-likeness (QED) is 0.865. The third-order valence-electron chi connectivity index (χ3n) is 2.97. The Labute approximate surface area is 125 Å². The van der Waals surface area contributed by atoms with Gasteiger partial charge in [0.05, 0.1) is 10.7 Å². The first kappa shape index (κ1) is 14.9. The number of hydrogen-bond acceptors (Lipinski definition) is 7. The molecule has 0 amide bonds. The molecule has 0 spiro atoms. The van der Waals surface area contributed by atoms with Crippen LogP contribution in [-0.2, 0) is 6.42 Å². The van der Waals surface area contributed by atoms with Gasteiger partial charge in [-0.2, -0.15) is 10.4 Å². The van der Waals surface area contributed by atoms with E-state index < -0.39 is 5.97 Å². The van der Waals surface area contributed by atoms with Crippen LogP contribution in [0.25, 0.3) is 0 Å². The summed E-state index contributed by atoms with van der Waals surface area (Å²) in [5.74, 6) is -0.590. The fraction of sp³-hybridized carbons (Fsp3) is 0.308. The lowest BCUT2D eigenvalue weighted by Gasteiger charge is -2.08. The van der Waals surface area contributed by atoms with E-state index >= 15 is 0 Å². The molecule has 0 aliphatic heterocycles. The molecule has 2 N–H and O–H groups in total. The number of aromatic nitrogens is 3. The lowest BCUT2D eigenvalue weighted by atomic mass is 10.1. The van der Waals surface area contributed by atoms with Crippen molar-refractivity contribution in [3.05, 3.63) is 32.9 Å². The fourth-order valence-electron chi connectivity index (χ4n) is 1.68. The van der Waals surface area contributed by atoms with Crippen molar-refractivity contribution in [2.45, 2.75) is 20.3 Å². The molecule has 0 unspecified atom stereocenters. The Morgan fingerprint density at radius 1 is 1.48 bits per heavy atom. The highest BCUT2D eigenvalue weighted by atomic mass is 32.1. The molecule has 108 valence electrons. The summed E-state index contributed by atoms with van der Waals surface area (Å²) in [5.41, 5.74) is 2.06. The molecule has 7 nitrogen and oxygen atoms in total. The van der Waals surface area contributed by atoms with Crippen LogP contribution in [0.1, 0.15) is 32.3 Å². The van der Waals surface area contributed by atoms with E-state index in [0.29, 0.717) is 24.3 Å². The predicted molar refractivity (Wildman–Crippen MR) is 77.5 cm³/mol. The minimum Gasteiger partial charge on any atom is -0.476 e. The average Bonchev–Trinajstić information content (AvgIpc) is 2.92. The molecule has 0 aromatic carbocycles. The minimum absolute atomic E-state index is 0.0543. The molecule has 2 rings (SSSR count). The second-order valence-corrected chi connectivity index (χ2v) is 5.30. The van der Waals surface area contributed by atoms with Gasteiger partial charge in [-0.1, -0.05) is 0 Å². The van der Waals surface area contributed by atoms with Crippen molar-refractivity contribution in [2.24, 2.45) is 0 Å². The Bertz CT molecular complexity index is 720. The molecule has 0 fully saturated rings. The number of nitrogens with zero attached hydrogens (tertiary/aromatic N) is 4. The van der Waals surface area contributed by atoms with E-state index in [1.165, 1.54) is 16.7 Å². The van der Waals surface area contributed by atoms with Crippen LogP contribution in [0.3, 0.4) is 0 Å². The Morgan fingerprint density at radius 2 is 2.24 bits per heavy atom. The summed E-state index contributed by atoms with van der Waals surface area (Å²) in [6.07, 6.45) is 0.553. The molecule has 0 bridgehead atoms. The predicted octanol–water partition coefficient (Wildman–Crippen LogP) is 1.77. The third kappa shape index (κ3) is 3.32. The molecular weight excluding hydrogens is 290 g/mol. The van der Waals surface area contributed by atoms with Crippen molar-refractivity contribution in [3.8, 4) is 6.07 Å². The maximum absolute atomic E-state index is 10.7. The van der Waals surface area contributed by atoms with Crippen molar-refractivity contribution >= 4 is 23.1 Å². The summed E-state index contributed by atoms with van der Waals surface area (Å²) < 4.78 is 0. The lowest BCUT2D eigenvalue weighted by molar-refractivity contribution is 0.0691. The van der Waals surface area contributed by atoms with E-state index in [9.17, 15) is 10.1 Å². The van der Waals surface area contributed by atoms with Crippen LogP contribution in [0.15, 0.2) is 5.38 Å². The number of thiazole rings is 1. The molecular formula is C13H13N5O2S. The van der Waals surface area contributed by atoms with E-state index in [1.54, 1.807) is 6.92 Å². The second kappa shape index (κ2) is 6.28. The molecule has 0 radical (unpaired) electrons. The first-order valence-corrected chi connectivity index (χ1v) is 7.06. The van der Waals surface area contributed by atoms with E-state index in [4.69, 9.17) is 5.11 Å². The van der Waals surface area contributed by atoms with Crippen LogP contribution in [0.5, 0.6) is 0 Å². The van der Waals surface area contributed by atoms with E-state index in [-0.39, 0.29) is 5.69 Å². The maximum atomic E-state index is 10.7. The van der Waals surface area contributed by atoms with Crippen LogP contribution in [0.2, 0.25) is 0 Å². The van der Waals surface area contributed by atoms with Gasteiger partial charge in [-0.3, -0.25) is 0 Å². The molecule has 2 heterocycles. The standard InChI is InChI=1S/C13H13N5O2S/c1-7-8(2)17-18-12(9(7)5-14)15-4-3-11-16-10(6-21-11)13(19)20/h6H,3-4H2,1-2H3,(H,15,18)(H,19,20). The summed E-state index contributed by atoms with van der Waals surface area (Å²) in [6.45, 7) is 4.13. The molecule has 0 saturated carbocycles. The van der Waals surface area contributed by atoms with Crippen LogP contribution in [0, 0.1) is 25.2 Å². The number of anilines is 1. The molecule has 0 aliphatic carbocycles. The largest absolute Gasteiger partial charge is 0.476 e. The lowest BCUT2D eigenvalue weighted by Crippen LogP contribution is -2.10. The SMILES string of the molecule is Cc1nnc(NCCc2nc(C(=O)O)cs2)c(C#N)c1C. The normalized spacial score (nSPS) is 10.1. The molecule has 8 heteroatoms. The Morgan fingerprint density at radius 3 is 2.86 bits per heavy atom. The first-order chi connectivity index (χ1) is 10.0. The van der Waals surface area contributed by atoms with Gasteiger partial charge in [0, 0.05) is 18.3 Å². The van der Waals surface area contributed by atoms with Crippen molar-refractivity contribution in [3.63, 3.8) is 0 Å². The molecule has 2 aromatic rings. The van der Waals surface area contributed by atoms with Gasteiger partial charge in [-0.15, -0.1) is 16.4 Å². The minimum atomic E-state index is -1.03. The number of aryl methyl sites for hydroxylation is 1. The van der Waals surface area contributed by atoms with Gasteiger partial charge >= 0.3 is 5.97 Å². The Hall–Kier alpha value is -2.53.